The Morgan fingerprint density at radius 2 is 1.95 bits per heavy atom. The van der Waals surface area contributed by atoms with Gasteiger partial charge in [0, 0.05) is 0 Å². The van der Waals surface area contributed by atoms with Crippen molar-refractivity contribution in [2.45, 2.75) is 20.0 Å². The SMILES string of the molecule is CCCOc1ccccc1Oc1cncc(CO)n1. The number of aromatic nitrogens is 2. The summed E-state index contributed by atoms with van der Waals surface area (Å²) in [6.45, 7) is 2.50. The zero-order valence-corrected chi connectivity index (χ0v) is 10.7. The van der Waals surface area contributed by atoms with E-state index in [2.05, 4.69) is 9.97 Å². The molecule has 1 heterocycles. The van der Waals surface area contributed by atoms with Gasteiger partial charge in [0.2, 0.25) is 5.88 Å². The van der Waals surface area contributed by atoms with Crippen LogP contribution in [0.15, 0.2) is 36.7 Å². The number of ether oxygens (including phenoxy) is 2. The van der Waals surface area contributed by atoms with Gasteiger partial charge in [-0.3, -0.25) is 4.98 Å². The lowest BCUT2D eigenvalue weighted by Gasteiger charge is -2.11. The molecule has 1 N–H and O–H groups in total. The first-order chi connectivity index (χ1) is 9.33. The van der Waals surface area contributed by atoms with Gasteiger partial charge in [0.15, 0.2) is 11.5 Å². The minimum atomic E-state index is -0.168. The van der Waals surface area contributed by atoms with Crippen LogP contribution in [0.25, 0.3) is 0 Å². The fourth-order valence-corrected chi connectivity index (χ4v) is 1.49. The van der Waals surface area contributed by atoms with Gasteiger partial charge in [0.25, 0.3) is 0 Å². The third-order valence-electron chi connectivity index (χ3n) is 2.35. The third-order valence-corrected chi connectivity index (χ3v) is 2.35. The van der Waals surface area contributed by atoms with Gasteiger partial charge in [-0.25, -0.2) is 4.98 Å². The highest BCUT2D eigenvalue weighted by molar-refractivity contribution is 5.41. The van der Waals surface area contributed by atoms with E-state index < -0.39 is 0 Å². The molecular formula is C14H16N2O3. The van der Waals surface area contributed by atoms with Crippen LogP contribution in [-0.2, 0) is 6.61 Å². The highest BCUT2D eigenvalue weighted by atomic mass is 16.5. The molecule has 0 amide bonds. The summed E-state index contributed by atoms with van der Waals surface area (Å²) in [6.07, 6.45) is 3.91. The van der Waals surface area contributed by atoms with Crippen molar-refractivity contribution < 1.29 is 14.6 Å². The Labute approximate surface area is 111 Å². The Morgan fingerprint density at radius 3 is 2.68 bits per heavy atom. The van der Waals surface area contributed by atoms with Gasteiger partial charge < -0.3 is 14.6 Å². The van der Waals surface area contributed by atoms with Gasteiger partial charge in [-0.15, -0.1) is 0 Å². The van der Waals surface area contributed by atoms with E-state index in [9.17, 15) is 0 Å². The summed E-state index contributed by atoms with van der Waals surface area (Å²) in [6, 6.07) is 7.39. The topological polar surface area (TPSA) is 64.5 Å². The van der Waals surface area contributed by atoms with Crippen LogP contribution in [0.1, 0.15) is 19.0 Å². The molecule has 0 unspecified atom stereocenters. The smallest absolute Gasteiger partial charge is 0.238 e. The average molecular weight is 260 g/mol. The molecule has 0 spiro atoms. The monoisotopic (exact) mass is 260 g/mol. The van der Waals surface area contributed by atoms with E-state index in [1.807, 2.05) is 25.1 Å². The van der Waals surface area contributed by atoms with Crippen LogP contribution < -0.4 is 9.47 Å². The molecule has 0 aliphatic heterocycles. The molecule has 5 heteroatoms. The van der Waals surface area contributed by atoms with E-state index in [0.29, 0.717) is 29.7 Å². The molecule has 0 atom stereocenters. The van der Waals surface area contributed by atoms with Gasteiger partial charge >= 0.3 is 0 Å². The van der Waals surface area contributed by atoms with Crippen molar-refractivity contribution in [3.05, 3.63) is 42.4 Å². The molecule has 100 valence electrons. The molecular weight excluding hydrogens is 244 g/mol. The van der Waals surface area contributed by atoms with Gasteiger partial charge in [-0.05, 0) is 18.6 Å². The summed E-state index contributed by atoms with van der Waals surface area (Å²) in [7, 11) is 0. The van der Waals surface area contributed by atoms with Crippen LogP contribution in [0.3, 0.4) is 0 Å². The molecule has 0 aliphatic carbocycles. The van der Waals surface area contributed by atoms with Crippen LogP contribution in [0.5, 0.6) is 17.4 Å². The molecule has 2 rings (SSSR count). The summed E-state index contributed by atoms with van der Waals surface area (Å²) < 4.78 is 11.2. The number of hydrogen-bond acceptors (Lipinski definition) is 5. The van der Waals surface area contributed by atoms with E-state index >= 15 is 0 Å². The number of aliphatic hydroxyl groups is 1. The number of para-hydroxylation sites is 2. The van der Waals surface area contributed by atoms with Gasteiger partial charge in [-0.2, -0.15) is 0 Å². The highest BCUT2D eigenvalue weighted by Gasteiger charge is 2.07. The maximum atomic E-state index is 9.02. The van der Waals surface area contributed by atoms with E-state index in [1.54, 1.807) is 6.07 Å². The van der Waals surface area contributed by atoms with Crippen LogP contribution in [-0.4, -0.2) is 21.7 Å². The molecule has 2 aromatic rings. The Hall–Kier alpha value is -2.14. The molecule has 0 bridgehead atoms. The Kier molecular flexibility index (Phi) is 4.69. The van der Waals surface area contributed by atoms with Gasteiger partial charge in [0.05, 0.1) is 31.3 Å². The first-order valence-electron chi connectivity index (χ1n) is 6.15. The van der Waals surface area contributed by atoms with Crippen molar-refractivity contribution in [3.8, 4) is 17.4 Å². The van der Waals surface area contributed by atoms with Crippen molar-refractivity contribution in [1.29, 1.82) is 0 Å². The lowest BCUT2D eigenvalue weighted by atomic mass is 10.3. The number of nitrogens with zero attached hydrogens (tertiary/aromatic N) is 2. The van der Waals surface area contributed by atoms with Crippen LogP contribution in [0.2, 0.25) is 0 Å². The molecule has 0 radical (unpaired) electrons. The molecule has 1 aromatic heterocycles. The van der Waals surface area contributed by atoms with Crippen molar-refractivity contribution >= 4 is 0 Å². The summed E-state index contributed by atoms with van der Waals surface area (Å²) in [4.78, 5) is 8.07. The second-order valence-corrected chi connectivity index (χ2v) is 3.90. The summed E-state index contributed by atoms with van der Waals surface area (Å²) in [5.74, 6) is 1.58. The molecule has 19 heavy (non-hydrogen) atoms. The minimum absolute atomic E-state index is 0.168. The Balaban J connectivity index is 2.17. The lowest BCUT2D eigenvalue weighted by Crippen LogP contribution is -1.99. The number of aliphatic hydroxyl groups excluding tert-OH is 1. The normalized spacial score (nSPS) is 10.2. The zero-order valence-electron chi connectivity index (χ0n) is 10.7. The number of benzene rings is 1. The van der Waals surface area contributed by atoms with E-state index in [4.69, 9.17) is 14.6 Å². The fourth-order valence-electron chi connectivity index (χ4n) is 1.49. The first-order valence-corrected chi connectivity index (χ1v) is 6.15. The Bertz CT molecular complexity index is 532. The van der Waals surface area contributed by atoms with Crippen LogP contribution >= 0.6 is 0 Å². The van der Waals surface area contributed by atoms with E-state index in [-0.39, 0.29) is 6.61 Å². The predicted molar refractivity (Wildman–Crippen MR) is 70.3 cm³/mol. The Morgan fingerprint density at radius 1 is 1.16 bits per heavy atom. The minimum Gasteiger partial charge on any atom is -0.490 e. The maximum absolute atomic E-state index is 9.02. The third kappa shape index (κ3) is 3.66. The van der Waals surface area contributed by atoms with Crippen molar-refractivity contribution in [3.63, 3.8) is 0 Å². The van der Waals surface area contributed by atoms with Crippen molar-refractivity contribution in [2.24, 2.45) is 0 Å². The van der Waals surface area contributed by atoms with Gasteiger partial charge in [-0.1, -0.05) is 19.1 Å². The molecule has 5 nitrogen and oxygen atoms in total. The molecule has 0 saturated carbocycles. The van der Waals surface area contributed by atoms with Crippen molar-refractivity contribution in [2.75, 3.05) is 6.61 Å². The highest BCUT2D eigenvalue weighted by Crippen LogP contribution is 2.30. The first kappa shape index (κ1) is 13.3. The summed E-state index contributed by atoms with van der Waals surface area (Å²) in [5, 5.41) is 9.02. The predicted octanol–water partition coefficient (Wildman–Crippen LogP) is 2.55. The van der Waals surface area contributed by atoms with Gasteiger partial charge in [0.1, 0.15) is 0 Å². The zero-order chi connectivity index (χ0) is 13.5. The molecule has 0 saturated heterocycles. The summed E-state index contributed by atoms with van der Waals surface area (Å²) in [5.41, 5.74) is 0.462. The second kappa shape index (κ2) is 6.70. The largest absolute Gasteiger partial charge is 0.490 e. The molecule has 0 fully saturated rings. The fraction of sp³-hybridized carbons (Fsp3) is 0.286. The van der Waals surface area contributed by atoms with Crippen LogP contribution in [0.4, 0.5) is 0 Å². The second-order valence-electron chi connectivity index (χ2n) is 3.90. The maximum Gasteiger partial charge on any atom is 0.238 e. The average Bonchev–Trinajstić information content (AvgIpc) is 2.46. The number of hydrogen-bond donors (Lipinski definition) is 1. The van der Waals surface area contributed by atoms with Crippen LogP contribution in [0, 0.1) is 0 Å². The molecule has 0 aliphatic rings. The summed E-state index contributed by atoms with van der Waals surface area (Å²) >= 11 is 0. The van der Waals surface area contributed by atoms with E-state index in [1.165, 1.54) is 12.4 Å². The standard InChI is InChI=1S/C14H16N2O3/c1-2-7-18-12-5-3-4-6-13(12)19-14-9-15-8-11(10-17)16-14/h3-6,8-9,17H,2,7,10H2,1H3. The van der Waals surface area contributed by atoms with Crippen molar-refractivity contribution in [1.82, 2.24) is 9.97 Å². The van der Waals surface area contributed by atoms with E-state index in [0.717, 1.165) is 6.42 Å². The molecule has 1 aromatic carbocycles. The number of rotatable bonds is 6. The lowest BCUT2D eigenvalue weighted by molar-refractivity contribution is 0.273. The quantitative estimate of drug-likeness (QED) is 0.864.